The monoisotopic (exact) mass is 276 g/mol. The number of hydrogen-bond acceptors (Lipinski definition) is 4. The van der Waals surface area contributed by atoms with E-state index in [0.717, 1.165) is 38.5 Å². The van der Waals surface area contributed by atoms with Gasteiger partial charge in [0, 0.05) is 6.54 Å². The van der Waals surface area contributed by atoms with Gasteiger partial charge in [0.2, 0.25) is 0 Å². The number of rotatable bonds is 5. The molecule has 0 amide bonds. The molecule has 0 bridgehead atoms. The summed E-state index contributed by atoms with van der Waals surface area (Å²) < 4.78 is 4.76. The van der Waals surface area contributed by atoms with E-state index >= 15 is 0 Å². The molecule has 4 heteroatoms. The van der Waals surface area contributed by atoms with Crippen molar-refractivity contribution in [3.8, 4) is 0 Å². The molecule has 1 heterocycles. The summed E-state index contributed by atoms with van der Waals surface area (Å²) in [7, 11) is 1.41. The fraction of sp³-hybridized carbons (Fsp3) is 0.562. The average Bonchev–Trinajstić information content (AvgIpc) is 2.49. The van der Waals surface area contributed by atoms with Crippen LogP contribution >= 0.6 is 0 Å². The molecule has 0 unspecified atom stereocenters. The van der Waals surface area contributed by atoms with Gasteiger partial charge < -0.3 is 10.5 Å². The maximum Gasteiger partial charge on any atom is 0.337 e. The van der Waals surface area contributed by atoms with E-state index < -0.39 is 0 Å². The van der Waals surface area contributed by atoms with Crippen LogP contribution in [0.4, 0.5) is 0 Å². The summed E-state index contributed by atoms with van der Waals surface area (Å²) in [4.78, 5) is 14.0. The molecular formula is C16H24N2O2. The van der Waals surface area contributed by atoms with Gasteiger partial charge in [-0.25, -0.2) is 4.79 Å². The maximum absolute atomic E-state index is 11.5. The highest BCUT2D eigenvalue weighted by molar-refractivity contribution is 5.89. The molecule has 0 aromatic heterocycles. The van der Waals surface area contributed by atoms with Crippen molar-refractivity contribution in [3.63, 3.8) is 0 Å². The molecule has 0 radical (unpaired) electrons. The third-order valence-corrected chi connectivity index (χ3v) is 4.04. The van der Waals surface area contributed by atoms with Gasteiger partial charge in [0.1, 0.15) is 0 Å². The lowest BCUT2D eigenvalue weighted by Gasteiger charge is -2.31. The summed E-state index contributed by atoms with van der Waals surface area (Å²) >= 11 is 0. The lowest BCUT2D eigenvalue weighted by Crippen LogP contribution is -2.33. The van der Waals surface area contributed by atoms with E-state index in [0.29, 0.717) is 5.56 Å². The van der Waals surface area contributed by atoms with Crippen LogP contribution in [0.15, 0.2) is 24.3 Å². The SMILES string of the molecule is COC(=O)c1cccc(CN2CCC(CCN)CC2)c1. The standard InChI is InChI=1S/C16H24N2O2/c1-20-16(19)15-4-2-3-14(11-15)12-18-9-6-13(5-8-17)7-10-18/h2-4,11,13H,5-10,12,17H2,1H3. The Kier molecular flexibility index (Phi) is 5.56. The zero-order valence-corrected chi connectivity index (χ0v) is 12.2. The summed E-state index contributed by atoms with van der Waals surface area (Å²) in [5.74, 6) is 0.520. The molecule has 2 rings (SSSR count). The lowest BCUT2D eigenvalue weighted by molar-refractivity contribution is 0.0600. The van der Waals surface area contributed by atoms with Crippen LogP contribution in [0.25, 0.3) is 0 Å². The maximum atomic E-state index is 11.5. The summed E-state index contributed by atoms with van der Waals surface area (Å²) in [6, 6.07) is 7.71. The zero-order chi connectivity index (χ0) is 14.4. The molecule has 4 nitrogen and oxygen atoms in total. The Morgan fingerprint density at radius 3 is 2.80 bits per heavy atom. The van der Waals surface area contributed by atoms with Gasteiger partial charge in [-0.05, 0) is 62.5 Å². The topological polar surface area (TPSA) is 55.6 Å². The second kappa shape index (κ2) is 7.41. The van der Waals surface area contributed by atoms with Gasteiger partial charge in [0.25, 0.3) is 0 Å². The smallest absolute Gasteiger partial charge is 0.337 e. The molecule has 110 valence electrons. The van der Waals surface area contributed by atoms with Gasteiger partial charge in [0.05, 0.1) is 12.7 Å². The molecular weight excluding hydrogens is 252 g/mol. The molecule has 0 spiro atoms. The number of nitrogens with zero attached hydrogens (tertiary/aromatic N) is 1. The van der Waals surface area contributed by atoms with Crippen LogP contribution in [-0.4, -0.2) is 37.6 Å². The minimum Gasteiger partial charge on any atom is -0.465 e. The molecule has 1 aromatic carbocycles. The minimum absolute atomic E-state index is 0.270. The third kappa shape index (κ3) is 4.05. The van der Waals surface area contributed by atoms with Crippen molar-refractivity contribution < 1.29 is 9.53 Å². The van der Waals surface area contributed by atoms with E-state index in [1.807, 2.05) is 12.1 Å². The van der Waals surface area contributed by atoms with Gasteiger partial charge in [-0.1, -0.05) is 12.1 Å². The van der Waals surface area contributed by atoms with Crippen molar-refractivity contribution in [1.29, 1.82) is 0 Å². The average molecular weight is 276 g/mol. The van der Waals surface area contributed by atoms with Crippen molar-refractivity contribution in [2.24, 2.45) is 11.7 Å². The number of likely N-dealkylation sites (tertiary alicyclic amines) is 1. The number of benzene rings is 1. The Bertz CT molecular complexity index is 440. The molecule has 1 fully saturated rings. The van der Waals surface area contributed by atoms with Gasteiger partial charge in [-0.3, -0.25) is 4.90 Å². The second-order valence-corrected chi connectivity index (χ2v) is 5.49. The minimum atomic E-state index is -0.270. The molecule has 1 aromatic rings. The van der Waals surface area contributed by atoms with Gasteiger partial charge in [-0.2, -0.15) is 0 Å². The number of carbonyl (C=O) groups is 1. The summed E-state index contributed by atoms with van der Waals surface area (Å²) in [6.07, 6.45) is 3.60. The van der Waals surface area contributed by atoms with E-state index in [-0.39, 0.29) is 5.97 Å². The first kappa shape index (κ1) is 15.0. The number of hydrogen-bond donors (Lipinski definition) is 1. The van der Waals surface area contributed by atoms with Gasteiger partial charge in [-0.15, -0.1) is 0 Å². The highest BCUT2D eigenvalue weighted by atomic mass is 16.5. The molecule has 20 heavy (non-hydrogen) atoms. The van der Waals surface area contributed by atoms with Crippen molar-refractivity contribution in [3.05, 3.63) is 35.4 Å². The molecule has 0 aliphatic carbocycles. The Labute approximate surface area is 120 Å². The van der Waals surface area contributed by atoms with Crippen LogP contribution in [0.5, 0.6) is 0 Å². The highest BCUT2D eigenvalue weighted by Crippen LogP contribution is 2.21. The first-order valence-corrected chi connectivity index (χ1v) is 7.32. The van der Waals surface area contributed by atoms with Crippen molar-refractivity contribution in [1.82, 2.24) is 4.90 Å². The van der Waals surface area contributed by atoms with Crippen LogP contribution < -0.4 is 5.73 Å². The number of methoxy groups -OCH3 is 1. The van der Waals surface area contributed by atoms with Crippen molar-refractivity contribution in [2.45, 2.75) is 25.8 Å². The number of carbonyl (C=O) groups excluding carboxylic acids is 1. The third-order valence-electron chi connectivity index (χ3n) is 4.04. The molecule has 1 saturated heterocycles. The van der Waals surface area contributed by atoms with Crippen LogP contribution in [0.3, 0.4) is 0 Å². The Morgan fingerprint density at radius 1 is 1.40 bits per heavy atom. The van der Waals surface area contributed by atoms with E-state index in [9.17, 15) is 4.79 Å². The van der Waals surface area contributed by atoms with Gasteiger partial charge >= 0.3 is 5.97 Å². The fourth-order valence-corrected chi connectivity index (χ4v) is 2.84. The predicted molar refractivity (Wildman–Crippen MR) is 79.5 cm³/mol. The summed E-state index contributed by atoms with van der Waals surface area (Å²) in [5.41, 5.74) is 7.42. The van der Waals surface area contributed by atoms with Crippen LogP contribution in [0.2, 0.25) is 0 Å². The number of ether oxygens (including phenoxy) is 1. The molecule has 1 aliphatic rings. The van der Waals surface area contributed by atoms with Crippen molar-refractivity contribution >= 4 is 5.97 Å². The van der Waals surface area contributed by atoms with Gasteiger partial charge in [0.15, 0.2) is 0 Å². The first-order valence-electron chi connectivity index (χ1n) is 7.32. The zero-order valence-electron chi connectivity index (χ0n) is 12.2. The van der Waals surface area contributed by atoms with Crippen LogP contribution in [0.1, 0.15) is 35.2 Å². The second-order valence-electron chi connectivity index (χ2n) is 5.49. The summed E-state index contributed by atoms with van der Waals surface area (Å²) in [5, 5.41) is 0. The molecule has 2 N–H and O–H groups in total. The highest BCUT2D eigenvalue weighted by Gasteiger charge is 2.18. The van der Waals surface area contributed by atoms with E-state index in [1.54, 1.807) is 6.07 Å². The number of nitrogens with two attached hydrogens (primary N) is 1. The molecule has 0 atom stereocenters. The number of piperidine rings is 1. The molecule has 1 aliphatic heterocycles. The normalized spacial score (nSPS) is 17.1. The van der Waals surface area contributed by atoms with E-state index in [2.05, 4.69) is 11.0 Å². The lowest BCUT2D eigenvalue weighted by atomic mass is 9.93. The largest absolute Gasteiger partial charge is 0.465 e. The van der Waals surface area contributed by atoms with E-state index in [4.69, 9.17) is 10.5 Å². The summed E-state index contributed by atoms with van der Waals surface area (Å²) in [6.45, 7) is 3.94. The Morgan fingerprint density at radius 2 is 2.15 bits per heavy atom. The van der Waals surface area contributed by atoms with E-state index in [1.165, 1.54) is 25.5 Å². The van der Waals surface area contributed by atoms with Crippen LogP contribution in [0, 0.1) is 5.92 Å². The van der Waals surface area contributed by atoms with Crippen molar-refractivity contribution in [2.75, 3.05) is 26.7 Å². The number of esters is 1. The fourth-order valence-electron chi connectivity index (χ4n) is 2.84. The Balaban J connectivity index is 1.89. The predicted octanol–water partition coefficient (Wildman–Crippen LogP) is 2.03. The van der Waals surface area contributed by atoms with Crippen LogP contribution in [-0.2, 0) is 11.3 Å². The molecule has 0 saturated carbocycles. The Hall–Kier alpha value is -1.39. The quantitative estimate of drug-likeness (QED) is 0.836. The first-order chi connectivity index (χ1) is 9.72.